The van der Waals surface area contributed by atoms with E-state index in [-0.39, 0.29) is 0 Å². The quantitative estimate of drug-likeness (QED) is 0.930. The molecule has 0 bridgehead atoms. The van der Waals surface area contributed by atoms with Gasteiger partial charge in [-0.3, -0.25) is 0 Å². The molecule has 1 aliphatic carbocycles. The van der Waals surface area contributed by atoms with Crippen LogP contribution in [0.15, 0.2) is 22.7 Å². The number of hydrogen-bond acceptors (Lipinski definition) is 3. The average molecular weight is 295 g/mol. The summed E-state index contributed by atoms with van der Waals surface area (Å²) in [7, 11) is 1.76. The zero-order valence-corrected chi connectivity index (χ0v) is 11.3. The number of nitriles is 1. The Morgan fingerprint density at radius 2 is 2.29 bits per heavy atom. The molecule has 3 nitrogen and oxygen atoms in total. The summed E-state index contributed by atoms with van der Waals surface area (Å²) in [6.07, 6.45) is 3.54. The van der Waals surface area contributed by atoms with Gasteiger partial charge in [-0.05, 0) is 47.3 Å². The van der Waals surface area contributed by atoms with Gasteiger partial charge in [0.05, 0.1) is 17.4 Å². The fourth-order valence-electron chi connectivity index (χ4n) is 2.26. The van der Waals surface area contributed by atoms with Crippen molar-refractivity contribution in [2.24, 2.45) is 0 Å². The molecule has 0 amide bonds. The molecule has 1 N–H and O–H groups in total. The number of hydrogen-bond donors (Lipinski definition) is 1. The van der Waals surface area contributed by atoms with Crippen molar-refractivity contribution in [1.29, 1.82) is 5.26 Å². The molecule has 2 rings (SSSR count). The molecule has 1 aromatic carbocycles. The third kappa shape index (κ3) is 2.80. The van der Waals surface area contributed by atoms with Gasteiger partial charge in [0.25, 0.3) is 0 Å². The molecule has 4 heteroatoms. The molecule has 0 heterocycles. The van der Waals surface area contributed by atoms with E-state index in [0.717, 1.165) is 29.4 Å². The van der Waals surface area contributed by atoms with Crippen molar-refractivity contribution in [3.8, 4) is 6.07 Å². The lowest BCUT2D eigenvalue weighted by atomic mass is 10.1. The number of benzene rings is 1. The number of nitrogens with one attached hydrogen (secondary N) is 1. The van der Waals surface area contributed by atoms with Gasteiger partial charge in [0, 0.05) is 17.6 Å². The van der Waals surface area contributed by atoms with Gasteiger partial charge < -0.3 is 10.1 Å². The smallest absolute Gasteiger partial charge is 0.103 e. The molecule has 1 aliphatic rings. The third-order valence-electron chi connectivity index (χ3n) is 3.20. The first-order valence-electron chi connectivity index (χ1n) is 5.72. The number of halogens is 1. The average Bonchev–Trinajstić information content (AvgIpc) is 2.77. The minimum absolute atomic E-state index is 0.352. The zero-order chi connectivity index (χ0) is 12.3. The summed E-state index contributed by atoms with van der Waals surface area (Å²) in [5.74, 6) is 0. The summed E-state index contributed by atoms with van der Waals surface area (Å²) < 4.78 is 6.18. The van der Waals surface area contributed by atoms with E-state index in [9.17, 15) is 0 Å². The number of ether oxygens (including phenoxy) is 1. The summed E-state index contributed by atoms with van der Waals surface area (Å²) in [4.78, 5) is 0. The Kier molecular flexibility index (Phi) is 4.03. The van der Waals surface area contributed by atoms with Crippen molar-refractivity contribution < 1.29 is 4.74 Å². The lowest BCUT2D eigenvalue weighted by Crippen LogP contribution is -2.18. The maximum atomic E-state index is 9.13. The van der Waals surface area contributed by atoms with Crippen LogP contribution in [0.25, 0.3) is 0 Å². The molecule has 17 heavy (non-hydrogen) atoms. The predicted octanol–water partition coefficient (Wildman–Crippen LogP) is 3.30. The maximum absolute atomic E-state index is 9.13. The van der Waals surface area contributed by atoms with Gasteiger partial charge in [0.15, 0.2) is 0 Å². The summed E-state index contributed by atoms with van der Waals surface area (Å²) >= 11 is 3.40. The molecule has 0 radical (unpaired) electrons. The van der Waals surface area contributed by atoms with E-state index >= 15 is 0 Å². The van der Waals surface area contributed by atoms with Crippen LogP contribution in [0.2, 0.25) is 0 Å². The van der Waals surface area contributed by atoms with E-state index in [1.165, 1.54) is 0 Å². The second-order valence-corrected chi connectivity index (χ2v) is 5.14. The highest BCUT2D eigenvalue weighted by molar-refractivity contribution is 9.10. The second-order valence-electron chi connectivity index (χ2n) is 4.29. The molecule has 0 aliphatic heterocycles. The molecule has 0 saturated heterocycles. The van der Waals surface area contributed by atoms with Gasteiger partial charge in [-0.25, -0.2) is 0 Å². The molecule has 2 unspecified atom stereocenters. The first-order valence-corrected chi connectivity index (χ1v) is 6.52. The molecule has 90 valence electrons. The molecule has 1 saturated carbocycles. The molecule has 0 aromatic heterocycles. The fraction of sp³-hybridized carbons (Fsp3) is 0.462. The monoisotopic (exact) mass is 294 g/mol. The molecule has 2 atom stereocenters. The Balaban J connectivity index is 2.10. The lowest BCUT2D eigenvalue weighted by molar-refractivity contribution is 0.108. The summed E-state index contributed by atoms with van der Waals surface area (Å²) in [5.41, 5.74) is 1.58. The van der Waals surface area contributed by atoms with Gasteiger partial charge in [-0.2, -0.15) is 5.26 Å². The maximum Gasteiger partial charge on any atom is 0.103 e. The minimum Gasteiger partial charge on any atom is -0.381 e. The normalized spacial score (nSPS) is 23.4. The predicted molar refractivity (Wildman–Crippen MR) is 70.9 cm³/mol. The standard InChI is InChI=1S/C13H15BrN2O/c1-17-10-6-5-9(7-10)16-13-4-2-3-12(14)11(13)8-15/h2-4,9-10,16H,5-7H2,1H3. The van der Waals surface area contributed by atoms with Crippen molar-refractivity contribution in [3.05, 3.63) is 28.2 Å². The van der Waals surface area contributed by atoms with Gasteiger partial charge >= 0.3 is 0 Å². The van der Waals surface area contributed by atoms with Gasteiger partial charge in [-0.15, -0.1) is 0 Å². The summed E-state index contributed by atoms with van der Waals surface area (Å²) in [5, 5.41) is 12.6. The minimum atomic E-state index is 0.352. The highest BCUT2D eigenvalue weighted by Gasteiger charge is 2.24. The van der Waals surface area contributed by atoms with Crippen LogP contribution < -0.4 is 5.32 Å². The van der Waals surface area contributed by atoms with Gasteiger partial charge in [0.1, 0.15) is 6.07 Å². The highest BCUT2D eigenvalue weighted by atomic mass is 79.9. The number of anilines is 1. The van der Waals surface area contributed by atoms with Crippen molar-refractivity contribution in [2.75, 3.05) is 12.4 Å². The van der Waals surface area contributed by atoms with Crippen molar-refractivity contribution in [1.82, 2.24) is 0 Å². The van der Waals surface area contributed by atoms with Crippen molar-refractivity contribution in [2.45, 2.75) is 31.4 Å². The highest BCUT2D eigenvalue weighted by Crippen LogP contribution is 2.29. The van der Waals surface area contributed by atoms with E-state index in [1.54, 1.807) is 7.11 Å². The summed E-state index contributed by atoms with van der Waals surface area (Å²) in [6, 6.07) is 8.40. The SMILES string of the molecule is COC1CCC(Nc2cccc(Br)c2C#N)C1. The van der Waals surface area contributed by atoms with Gasteiger partial charge in [0.2, 0.25) is 0 Å². The van der Waals surface area contributed by atoms with Gasteiger partial charge in [-0.1, -0.05) is 6.07 Å². The van der Waals surface area contributed by atoms with E-state index in [1.807, 2.05) is 18.2 Å². The molecule has 0 spiro atoms. The number of methoxy groups -OCH3 is 1. The Morgan fingerprint density at radius 1 is 1.47 bits per heavy atom. The Bertz CT molecular complexity index is 442. The number of rotatable bonds is 3. The molecule has 1 fully saturated rings. The Hall–Kier alpha value is -1.05. The Morgan fingerprint density at radius 3 is 2.94 bits per heavy atom. The van der Waals surface area contributed by atoms with Crippen LogP contribution in [0.1, 0.15) is 24.8 Å². The lowest BCUT2D eigenvalue weighted by Gasteiger charge is -2.15. The zero-order valence-electron chi connectivity index (χ0n) is 9.74. The molecular formula is C13H15BrN2O. The largest absolute Gasteiger partial charge is 0.381 e. The molecular weight excluding hydrogens is 280 g/mol. The fourth-order valence-corrected chi connectivity index (χ4v) is 2.72. The van der Waals surface area contributed by atoms with Crippen molar-refractivity contribution in [3.63, 3.8) is 0 Å². The molecule has 1 aromatic rings. The van der Waals surface area contributed by atoms with Crippen LogP contribution in [-0.2, 0) is 4.74 Å². The van der Waals surface area contributed by atoms with E-state index in [2.05, 4.69) is 27.3 Å². The van der Waals surface area contributed by atoms with E-state index in [0.29, 0.717) is 17.7 Å². The number of nitrogens with zero attached hydrogens (tertiary/aromatic N) is 1. The van der Waals surface area contributed by atoms with Crippen LogP contribution in [0.3, 0.4) is 0 Å². The van der Waals surface area contributed by atoms with E-state index in [4.69, 9.17) is 10.00 Å². The summed E-state index contributed by atoms with van der Waals surface area (Å²) in [6.45, 7) is 0. The first-order chi connectivity index (χ1) is 8.24. The Labute approximate surface area is 110 Å². The topological polar surface area (TPSA) is 45.0 Å². The van der Waals surface area contributed by atoms with E-state index < -0.39 is 0 Å². The third-order valence-corrected chi connectivity index (χ3v) is 3.86. The first kappa shape index (κ1) is 12.4. The van der Waals surface area contributed by atoms with Crippen LogP contribution in [0.5, 0.6) is 0 Å². The van der Waals surface area contributed by atoms with Crippen LogP contribution in [-0.4, -0.2) is 19.3 Å². The van der Waals surface area contributed by atoms with Crippen LogP contribution >= 0.6 is 15.9 Å². The van der Waals surface area contributed by atoms with Crippen LogP contribution in [0.4, 0.5) is 5.69 Å². The second kappa shape index (κ2) is 5.52. The van der Waals surface area contributed by atoms with Crippen LogP contribution in [0, 0.1) is 11.3 Å². The van der Waals surface area contributed by atoms with Crippen molar-refractivity contribution >= 4 is 21.6 Å².